The first kappa shape index (κ1) is 25.4. The average molecular weight is 496 g/mol. The minimum Gasteiger partial charge on any atom is -0.457 e. The fraction of sp³-hybridized carbons (Fsp3) is 0.160. The van der Waals surface area contributed by atoms with E-state index in [0.29, 0.717) is 28.5 Å². The van der Waals surface area contributed by atoms with E-state index in [9.17, 15) is 18.0 Å². The van der Waals surface area contributed by atoms with Gasteiger partial charge in [0.25, 0.3) is 5.91 Å². The molecule has 0 aliphatic heterocycles. The molecule has 0 saturated heterocycles. The molecule has 0 aliphatic carbocycles. The van der Waals surface area contributed by atoms with Crippen molar-refractivity contribution in [2.24, 2.45) is 5.10 Å². The summed E-state index contributed by atoms with van der Waals surface area (Å²) in [4.78, 5) is 23.6. The molecule has 1 atom stereocenters. The van der Waals surface area contributed by atoms with Gasteiger partial charge in [-0.2, -0.15) is 5.10 Å². The van der Waals surface area contributed by atoms with E-state index in [1.807, 2.05) is 18.2 Å². The lowest BCUT2D eigenvalue weighted by atomic mass is 10.2. The van der Waals surface area contributed by atoms with Crippen LogP contribution < -0.4 is 19.2 Å². The van der Waals surface area contributed by atoms with Crippen molar-refractivity contribution in [1.82, 2.24) is 5.43 Å². The minimum atomic E-state index is -3.79. The number of ether oxygens (including phenoxy) is 2. The number of rotatable bonds is 9. The Balaban J connectivity index is 1.68. The normalized spacial score (nSPS) is 12.1. The summed E-state index contributed by atoms with van der Waals surface area (Å²) in [6, 6.07) is 21.0. The van der Waals surface area contributed by atoms with Crippen LogP contribution in [0, 0.1) is 0 Å². The number of hydrogen-bond donors (Lipinski definition) is 1. The highest BCUT2D eigenvalue weighted by atomic mass is 32.2. The zero-order valence-corrected chi connectivity index (χ0v) is 20.2. The Morgan fingerprint density at radius 2 is 1.49 bits per heavy atom. The molecule has 0 spiro atoms. The Bertz CT molecular complexity index is 1290. The molecule has 0 saturated carbocycles. The van der Waals surface area contributed by atoms with Gasteiger partial charge in [0.2, 0.25) is 10.0 Å². The lowest BCUT2D eigenvalue weighted by molar-refractivity contribution is -0.131. The van der Waals surface area contributed by atoms with E-state index in [4.69, 9.17) is 9.47 Å². The summed E-state index contributed by atoms with van der Waals surface area (Å²) in [6.45, 7) is 2.77. The largest absolute Gasteiger partial charge is 0.457 e. The van der Waals surface area contributed by atoms with Crippen LogP contribution in [0.5, 0.6) is 17.2 Å². The Hall–Kier alpha value is -4.18. The van der Waals surface area contributed by atoms with Crippen molar-refractivity contribution in [1.29, 1.82) is 0 Å². The average Bonchev–Trinajstić information content (AvgIpc) is 2.81. The van der Waals surface area contributed by atoms with Gasteiger partial charge in [0, 0.05) is 6.92 Å². The highest BCUT2D eigenvalue weighted by molar-refractivity contribution is 7.92. The van der Waals surface area contributed by atoms with Gasteiger partial charge in [-0.15, -0.1) is 0 Å². The van der Waals surface area contributed by atoms with Crippen molar-refractivity contribution in [3.05, 3.63) is 84.4 Å². The van der Waals surface area contributed by atoms with Gasteiger partial charge in [-0.1, -0.05) is 18.2 Å². The Kier molecular flexibility index (Phi) is 8.21. The predicted molar refractivity (Wildman–Crippen MR) is 133 cm³/mol. The van der Waals surface area contributed by atoms with Gasteiger partial charge in [0.05, 0.1) is 18.2 Å². The highest BCUT2D eigenvalue weighted by Gasteiger charge is 2.29. The third-order valence-electron chi connectivity index (χ3n) is 4.69. The summed E-state index contributed by atoms with van der Waals surface area (Å²) in [5, 5.41) is 3.90. The van der Waals surface area contributed by atoms with E-state index in [0.717, 1.165) is 10.6 Å². The zero-order valence-electron chi connectivity index (χ0n) is 19.4. The summed E-state index contributed by atoms with van der Waals surface area (Å²) in [5.41, 5.74) is 3.31. The van der Waals surface area contributed by atoms with Crippen LogP contribution in [-0.4, -0.2) is 38.8 Å². The number of esters is 1. The number of nitrogens with zero attached hydrogens (tertiary/aromatic N) is 2. The molecule has 1 N–H and O–H groups in total. The number of hydrogen-bond acceptors (Lipinski definition) is 7. The summed E-state index contributed by atoms with van der Waals surface area (Å²) in [7, 11) is -3.79. The molecule has 0 radical (unpaired) electrons. The van der Waals surface area contributed by atoms with Gasteiger partial charge >= 0.3 is 5.97 Å². The number of nitrogens with one attached hydrogen (secondary N) is 1. The number of carbonyl (C=O) groups is 2. The molecule has 35 heavy (non-hydrogen) atoms. The maximum Gasteiger partial charge on any atom is 0.308 e. The Morgan fingerprint density at radius 1 is 0.914 bits per heavy atom. The molecule has 0 bridgehead atoms. The fourth-order valence-electron chi connectivity index (χ4n) is 3.15. The lowest BCUT2D eigenvalue weighted by Gasteiger charge is -2.27. The van der Waals surface area contributed by atoms with Gasteiger partial charge in [-0.3, -0.25) is 13.9 Å². The van der Waals surface area contributed by atoms with E-state index in [2.05, 4.69) is 10.5 Å². The first-order chi connectivity index (χ1) is 16.6. The molecule has 10 heteroatoms. The van der Waals surface area contributed by atoms with Crippen molar-refractivity contribution < 1.29 is 27.5 Å². The first-order valence-corrected chi connectivity index (χ1v) is 12.4. The van der Waals surface area contributed by atoms with Crippen LogP contribution >= 0.6 is 0 Å². The van der Waals surface area contributed by atoms with Crippen LogP contribution in [-0.2, 0) is 19.6 Å². The second-order valence-corrected chi connectivity index (χ2v) is 9.40. The van der Waals surface area contributed by atoms with Gasteiger partial charge in [-0.25, -0.2) is 13.8 Å². The van der Waals surface area contributed by atoms with E-state index in [-0.39, 0.29) is 0 Å². The van der Waals surface area contributed by atoms with E-state index < -0.39 is 27.9 Å². The van der Waals surface area contributed by atoms with Crippen LogP contribution in [0.25, 0.3) is 0 Å². The molecule has 0 aliphatic rings. The number of anilines is 1. The summed E-state index contributed by atoms with van der Waals surface area (Å²) in [5.74, 6) is 0.507. The van der Waals surface area contributed by atoms with Crippen molar-refractivity contribution in [3.8, 4) is 17.2 Å². The molecule has 0 heterocycles. The lowest BCUT2D eigenvalue weighted by Crippen LogP contribution is -2.46. The number of hydrazone groups is 1. The fourth-order valence-corrected chi connectivity index (χ4v) is 4.32. The van der Waals surface area contributed by atoms with Crippen molar-refractivity contribution in [2.75, 3.05) is 10.6 Å². The number of sulfonamides is 1. The number of carbonyl (C=O) groups excluding carboxylic acids is 2. The van der Waals surface area contributed by atoms with E-state index in [1.165, 1.54) is 20.1 Å². The number of benzene rings is 3. The number of para-hydroxylation sites is 1. The highest BCUT2D eigenvalue weighted by Crippen LogP contribution is 2.27. The van der Waals surface area contributed by atoms with Crippen molar-refractivity contribution >= 4 is 33.8 Å². The van der Waals surface area contributed by atoms with Crippen LogP contribution in [0.1, 0.15) is 19.4 Å². The van der Waals surface area contributed by atoms with Crippen molar-refractivity contribution in [3.63, 3.8) is 0 Å². The smallest absolute Gasteiger partial charge is 0.308 e. The van der Waals surface area contributed by atoms with E-state index >= 15 is 0 Å². The Labute approximate surface area is 204 Å². The molecule has 0 fully saturated rings. The van der Waals surface area contributed by atoms with Crippen molar-refractivity contribution in [2.45, 2.75) is 19.9 Å². The molecule has 3 rings (SSSR count). The number of amides is 1. The standard InChI is InChI=1S/C25H25N3O6S/c1-18(25(30)27-26-17-20-9-13-23(14-10-20)33-19(2)29)28(35(3,31)32)21-11-15-24(16-12-21)34-22-7-5-4-6-8-22/h4-18H,1-3H3,(H,27,30)/b26-17-/t18-/m0/s1. The van der Waals surface area contributed by atoms with Gasteiger partial charge in [-0.05, 0) is 73.2 Å². The molecule has 0 aromatic heterocycles. The quantitative estimate of drug-likeness (QED) is 0.210. The molecule has 3 aromatic carbocycles. The summed E-state index contributed by atoms with van der Waals surface area (Å²) < 4.78 is 36.7. The zero-order chi connectivity index (χ0) is 25.4. The summed E-state index contributed by atoms with van der Waals surface area (Å²) >= 11 is 0. The topological polar surface area (TPSA) is 114 Å². The minimum absolute atomic E-state index is 0.306. The maximum atomic E-state index is 12.7. The summed E-state index contributed by atoms with van der Waals surface area (Å²) in [6.07, 6.45) is 2.42. The molecule has 9 nitrogen and oxygen atoms in total. The van der Waals surface area contributed by atoms with Gasteiger partial charge < -0.3 is 9.47 Å². The van der Waals surface area contributed by atoms with Crippen LogP contribution in [0.15, 0.2) is 84.0 Å². The molecule has 182 valence electrons. The van der Waals surface area contributed by atoms with Gasteiger partial charge in [0.1, 0.15) is 23.3 Å². The Morgan fingerprint density at radius 3 is 2.06 bits per heavy atom. The first-order valence-electron chi connectivity index (χ1n) is 10.6. The molecule has 0 unspecified atom stereocenters. The monoisotopic (exact) mass is 495 g/mol. The van der Waals surface area contributed by atoms with Crippen LogP contribution in [0.2, 0.25) is 0 Å². The van der Waals surface area contributed by atoms with Crippen LogP contribution in [0.4, 0.5) is 5.69 Å². The third-order valence-corrected chi connectivity index (χ3v) is 5.93. The molecular formula is C25H25N3O6S. The second kappa shape index (κ2) is 11.3. The predicted octanol–water partition coefficient (Wildman–Crippen LogP) is 3.71. The maximum absolute atomic E-state index is 12.7. The third kappa shape index (κ3) is 7.41. The van der Waals surface area contributed by atoms with E-state index in [1.54, 1.807) is 60.7 Å². The van der Waals surface area contributed by atoms with Gasteiger partial charge in [0.15, 0.2) is 0 Å². The molecule has 1 amide bonds. The molecule has 3 aromatic rings. The van der Waals surface area contributed by atoms with Crippen LogP contribution in [0.3, 0.4) is 0 Å². The molecular weight excluding hydrogens is 470 g/mol. The SMILES string of the molecule is CC(=O)Oc1ccc(/C=N\NC(=O)[C@H](C)N(c2ccc(Oc3ccccc3)cc2)S(C)(=O)=O)cc1. The second-order valence-electron chi connectivity index (χ2n) is 7.54.